The third-order valence-electron chi connectivity index (χ3n) is 2.39. The van der Waals surface area contributed by atoms with Gasteiger partial charge in [0.05, 0.1) is 12.9 Å². The monoisotopic (exact) mass is 353 g/mol. The summed E-state index contributed by atoms with van der Waals surface area (Å²) >= 11 is 0. The third kappa shape index (κ3) is 4.55. The standard InChI is InChI=1S/C8H13N5O7P2/c9-7-6-8(11-3-10-7)13(4-12-6)1-2-19-5-21(14,15)20-22(16,17)18/h3-4H,1-2,5H2,(H,14,15)(H2,9,10,11)(H2,16,17,18). The topological polar surface area (TPSA) is 183 Å². The minimum atomic E-state index is -5.06. The quantitative estimate of drug-likeness (QED) is 0.378. The van der Waals surface area contributed by atoms with Crippen LogP contribution in [0.25, 0.3) is 11.2 Å². The fourth-order valence-corrected chi connectivity index (χ4v) is 3.47. The van der Waals surface area contributed by atoms with E-state index in [1.54, 1.807) is 4.57 Å². The van der Waals surface area contributed by atoms with Crippen LogP contribution in [0.2, 0.25) is 0 Å². The van der Waals surface area contributed by atoms with Gasteiger partial charge in [-0.2, -0.15) is 0 Å². The second-order valence-electron chi connectivity index (χ2n) is 4.12. The van der Waals surface area contributed by atoms with Crippen LogP contribution in [0.3, 0.4) is 0 Å². The summed E-state index contributed by atoms with van der Waals surface area (Å²) in [7, 11) is -9.59. The predicted molar refractivity (Wildman–Crippen MR) is 73.5 cm³/mol. The lowest BCUT2D eigenvalue weighted by atomic mass is 10.5. The smallest absolute Gasteiger partial charge is 0.382 e. The SMILES string of the molecule is Nc1ncnc2c1ncn2CCOCP(=O)(O)OP(=O)(O)O. The molecule has 0 spiro atoms. The van der Waals surface area contributed by atoms with E-state index in [9.17, 15) is 14.0 Å². The number of hydrogen-bond donors (Lipinski definition) is 4. The normalized spacial score (nSPS) is 15.0. The van der Waals surface area contributed by atoms with Crippen molar-refractivity contribution in [3.05, 3.63) is 12.7 Å². The van der Waals surface area contributed by atoms with Crippen LogP contribution < -0.4 is 5.73 Å². The Hall–Kier alpha value is -1.39. The molecule has 22 heavy (non-hydrogen) atoms. The molecular weight excluding hydrogens is 340 g/mol. The number of fused-ring (bicyclic) bond motifs is 1. The Morgan fingerprint density at radius 2 is 1.95 bits per heavy atom. The van der Waals surface area contributed by atoms with Crippen LogP contribution in [0.1, 0.15) is 0 Å². The first-order valence-corrected chi connectivity index (χ1v) is 9.05. The molecule has 0 bridgehead atoms. The molecule has 0 aromatic carbocycles. The maximum Gasteiger partial charge on any atom is 0.476 e. The Kier molecular flexibility index (Phi) is 4.93. The van der Waals surface area contributed by atoms with Crippen molar-refractivity contribution in [2.24, 2.45) is 0 Å². The summed E-state index contributed by atoms with van der Waals surface area (Å²) in [6.07, 6.45) is 1.86. The average Bonchev–Trinajstić information content (AvgIpc) is 2.76. The van der Waals surface area contributed by atoms with Gasteiger partial charge < -0.3 is 29.7 Å². The number of nitrogens with zero attached hydrogens (tertiary/aromatic N) is 4. The maximum atomic E-state index is 11.3. The fraction of sp³-hybridized carbons (Fsp3) is 0.375. The zero-order valence-corrected chi connectivity index (χ0v) is 12.8. The lowest BCUT2D eigenvalue weighted by Crippen LogP contribution is -2.07. The van der Waals surface area contributed by atoms with Gasteiger partial charge in [-0.05, 0) is 0 Å². The first-order chi connectivity index (χ1) is 10.2. The Balaban J connectivity index is 1.90. The number of imidazole rings is 1. The van der Waals surface area contributed by atoms with Gasteiger partial charge in [0.15, 0.2) is 11.5 Å². The van der Waals surface area contributed by atoms with Crippen molar-refractivity contribution in [3.8, 4) is 0 Å². The number of aromatic nitrogens is 4. The van der Waals surface area contributed by atoms with Gasteiger partial charge in [0, 0.05) is 6.54 Å². The summed E-state index contributed by atoms with van der Waals surface area (Å²) in [6.45, 7) is 0.188. The minimum Gasteiger partial charge on any atom is -0.382 e. The van der Waals surface area contributed by atoms with E-state index < -0.39 is 21.8 Å². The van der Waals surface area contributed by atoms with Crippen molar-refractivity contribution in [2.45, 2.75) is 6.54 Å². The number of ether oxygens (including phenoxy) is 1. The van der Waals surface area contributed by atoms with Crippen molar-refractivity contribution in [3.63, 3.8) is 0 Å². The van der Waals surface area contributed by atoms with Gasteiger partial charge in [-0.15, -0.1) is 0 Å². The van der Waals surface area contributed by atoms with Crippen molar-refractivity contribution in [1.29, 1.82) is 0 Å². The number of nitrogen functional groups attached to an aromatic ring is 1. The molecule has 0 aliphatic carbocycles. The van der Waals surface area contributed by atoms with Gasteiger partial charge in [0.2, 0.25) is 0 Å². The number of nitrogens with two attached hydrogens (primary N) is 1. The zero-order valence-electron chi connectivity index (χ0n) is 11.0. The molecule has 0 fully saturated rings. The van der Waals surface area contributed by atoms with Crippen molar-refractivity contribution in [2.75, 3.05) is 18.7 Å². The minimum absolute atomic E-state index is 0.0373. The number of hydrogen-bond acceptors (Lipinski definition) is 8. The number of phosphoric acid groups is 1. The second-order valence-corrected chi connectivity index (χ2v) is 7.28. The molecule has 2 rings (SSSR count). The third-order valence-corrected chi connectivity index (χ3v) is 4.77. The van der Waals surface area contributed by atoms with Gasteiger partial charge in [-0.1, -0.05) is 0 Å². The van der Waals surface area contributed by atoms with Gasteiger partial charge in [0.25, 0.3) is 0 Å². The highest BCUT2D eigenvalue weighted by Gasteiger charge is 2.30. The Morgan fingerprint density at radius 3 is 2.64 bits per heavy atom. The summed E-state index contributed by atoms with van der Waals surface area (Å²) in [4.78, 5) is 37.9. The molecule has 2 aromatic heterocycles. The maximum absolute atomic E-state index is 11.3. The highest BCUT2D eigenvalue weighted by Crippen LogP contribution is 2.56. The van der Waals surface area contributed by atoms with Crippen LogP contribution in [0.5, 0.6) is 0 Å². The van der Waals surface area contributed by atoms with E-state index >= 15 is 0 Å². The molecule has 1 unspecified atom stereocenters. The molecule has 12 nitrogen and oxygen atoms in total. The van der Waals surface area contributed by atoms with Crippen LogP contribution in [-0.4, -0.2) is 47.2 Å². The Labute approximate surface area is 123 Å². The summed E-state index contributed by atoms with van der Waals surface area (Å²) in [5.41, 5.74) is 6.51. The molecule has 1 atom stereocenters. The lowest BCUT2D eigenvalue weighted by Gasteiger charge is -2.12. The van der Waals surface area contributed by atoms with Crippen LogP contribution >= 0.6 is 15.4 Å². The number of anilines is 1. The molecule has 2 aromatic rings. The fourth-order valence-electron chi connectivity index (χ4n) is 1.59. The van der Waals surface area contributed by atoms with E-state index in [0.29, 0.717) is 11.2 Å². The van der Waals surface area contributed by atoms with E-state index in [1.807, 2.05) is 0 Å². The van der Waals surface area contributed by atoms with E-state index in [0.717, 1.165) is 0 Å². The predicted octanol–water partition coefficient (Wildman–Crippen LogP) is -0.323. The summed E-state index contributed by atoms with van der Waals surface area (Å²) in [5.74, 6) is 0.222. The lowest BCUT2D eigenvalue weighted by molar-refractivity contribution is 0.146. The molecule has 2 heterocycles. The summed E-state index contributed by atoms with van der Waals surface area (Å²) in [6, 6.07) is 0. The highest BCUT2D eigenvalue weighted by molar-refractivity contribution is 7.63. The van der Waals surface area contributed by atoms with Crippen molar-refractivity contribution >= 4 is 32.4 Å². The molecule has 14 heteroatoms. The van der Waals surface area contributed by atoms with Crippen LogP contribution in [-0.2, 0) is 24.7 Å². The molecule has 122 valence electrons. The first-order valence-electron chi connectivity index (χ1n) is 5.76. The van der Waals surface area contributed by atoms with E-state index in [2.05, 4.69) is 19.3 Å². The summed E-state index contributed by atoms with van der Waals surface area (Å²) in [5, 5.41) is 0. The van der Waals surface area contributed by atoms with E-state index in [1.165, 1.54) is 12.7 Å². The molecule has 0 radical (unpaired) electrons. The Bertz CT molecular complexity index is 758. The Morgan fingerprint density at radius 1 is 1.23 bits per heavy atom. The molecule has 0 aliphatic rings. The van der Waals surface area contributed by atoms with Gasteiger partial charge in [-0.3, -0.25) is 4.57 Å². The second kappa shape index (κ2) is 6.39. The molecule has 0 saturated carbocycles. The molecule has 5 N–H and O–H groups in total. The highest BCUT2D eigenvalue weighted by atomic mass is 31.3. The van der Waals surface area contributed by atoms with Gasteiger partial charge in [0.1, 0.15) is 18.2 Å². The zero-order chi connectivity index (χ0) is 16.4. The van der Waals surface area contributed by atoms with Gasteiger partial charge >= 0.3 is 15.4 Å². The average molecular weight is 353 g/mol. The summed E-state index contributed by atoms with van der Waals surface area (Å²) < 4.78 is 32.0. The molecular formula is C8H13N5O7P2. The van der Waals surface area contributed by atoms with Crippen molar-refractivity contribution < 1.29 is 32.9 Å². The largest absolute Gasteiger partial charge is 0.476 e. The molecule has 0 saturated heterocycles. The number of rotatable bonds is 7. The van der Waals surface area contributed by atoms with E-state index in [-0.39, 0.29) is 19.0 Å². The van der Waals surface area contributed by atoms with Crippen LogP contribution in [0.15, 0.2) is 12.7 Å². The first kappa shape index (κ1) is 17.0. The van der Waals surface area contributed by atoms with Crippen LogP contribution in [0.4, 0.5) is 5.82 Å². The molecule has 0 aliphatic heterocycles. The molecule has 0 amide bonds. The van der Waals surface area contributed by atoms with E-state index in [4.69, 9.17) is 20.3 Å². The van der Waals surface area contributed by atoms with Crippen LogP contribution in [0, 0.1) is 0 Å². The van der Waals surface area contributed by atoms with Gasteiger partial charge in [-0.25, -0.2) is 23.8 Å². The van der Waals surface area contributed by atoms with Crippen molar-refractivity contribution in [1.82, 2.24) is 19.5 Å².